The third kappa shape index (κ3) is 2.58. The van der Waals surface area contributed by atoms with E-state index < -0.39 is 0 Å². The van der Waals surface area contributed by atoms with Gasteiger partial charge in [-0.2, -0.15) is 0 Å². The zero-order chi connectivity index (χ0) is 19.3. The summed E-state index contributed by atoms with van der Waals surface area (Å²) in [6.07, 6.45) is 4.58. The molecule has 4 nitrogen and oxygen atoms in total. The zero-order valence-electron chi connectivity index (χ0n) is 16.1. The van der Waals surface area contributed by atoms with Crippen LogP contribution in [0.5, 0.6) is 0 Å². The monoisotopic (exact) mass is 364 g/mol. The first-order valence-electron chi connectivity index (χ1n) is 9.45. The Hall–Kier alpha value is -2.62. The van der Waals surface area contributed by atoms with Crippen molar-refractivity contribution < 1.29 is 19.1 Å². The van der Waals surface area contributed by atoms with Gasteiger partial charge in [-0.25, -0.2) is 9.59 Å². The number of hydrogen-bond donors (Lipinski definition) is 0. The van der Waals surface area contributed by atoms with Crippen molar-refractivity contribution >= 4 is 11.9 Å². The highest BCUT2D eigenvalue weighted by Crippen LogP contribution is 2.57. The first-order valence-corrected chi connectivity index (χ1v) is 9.45. The quantitative estimate of drug-likeness (QED) is 0.720. The minimum atomic E-state index is -0.289. The fourth-order valence-corrected chi connectivity index (χ4v) is 4.72. The SMILES string of the molecule is CC1=C2C(=CC3=CCC(OC(=O)c4ccccc4)C(C)C3(C)C2C)OC1=O. The summed E-state index contributed by atoms with van der Waals surface area (Å²) < 4.78 is 11.3. The van der Waals surface area contributed by atoms with Gasteiger partial charge in [0, 0.05) is 28.9 Å². The van der Waals surface area contributed by atoms with Gasteiger partial charge in [-0.15, -0.1) is 0 Å². The van der Waals surface area contributed by atoms with Crippen molar-refractivity contribution in [3.05, 3.63) is 70.5 Å². The lowest BCUT2D eigenvalue weighted by molar-refractivity contribution is -0.133. The minimum absolute atomic E-state index is 0.100. The highest BCUT2D eigenvalue weighted by Gasteiger charge is 2.52. The van der Waals surface area contributed by atoms with E-state index in [2.05, 4.69) is 26.8 Å². The van der Waals surface area contributed by atoms with Crippen LogP contribution >= 0.6 is 0 Å². The number of benzene rings is 1. The van der Waals surface area contributed by atoms with Gasteiger partial charge in [-0.3, -0.25) is 0 Å². The van der Waals surface area contributed by atoms with E-state index >= 15 is 0 Å². The molecule has 1 heterocycles. The minimum Gasteiger partial charge on any atom is -0.458 e. The Labute approximate surface area is 159 Å². The summed E-state index contributed by atoms with van der Waals surface area (Å²) in [4.78, 5) is 24.6. The molecule has 27 heavy (non-hydrogen) atoms. The van der Waals surface area contributed by atoms with E-state index in [1.807, 2.05) is 31.2 Å². The number of ether oxygens (including phenoxy) is 2. The summed E-state index contributed by atoms with van der Waals surface area (Å²) in [6, 6.07) is 9.09. The molecule has 0 saturated heterocycles. The van der Waals surface area contributed by atoms with Crippen molar-refractivity contribution in [1.29, 1.82) is 0 Å². The number of allylic oxidation sites excluding steroid dienone is 3. The Morgan fingerprint density at radius 3 is 2.63 bits per heavy atom. The average molecular weight is 364 g/mol. The van der Waals surface area contributed by atoms with Crippen LogP contribution in [0.2, 0.25) is 0 Å². The third-order valence-electron chi connectivity index (χ3n) is 6.76. The number of esters is 2. The average Bonchev–Trinajstić information content (AvgIpc) is 2.95. The maximum absolute atomic E-state index is 12.6. The van der Waals surface area contributed by atoms with Crippen LogP contribution in [-0.4, -0.2) is 18.0 Å². The summed E-state index contributed by atoms with van der Waals surface area (Å²) >= 11 is 0. The second kappa shape index (κ2) is 6.22. The molecule has 0 N–H and O–H groups in total. The van der Waals surface area contributed by atoms with Gasteiger partial charge >= 0.3 is 11.9 Å². The third-order valence-corrected chi connectivity index (χ3v) is 6.76. The van der Waals surface area contributed by atoms with Crippen molar-refractivity contribution in [3.8, 4) is 0 Å². The van der Waals surface area contributed by atoms with Gasteiger partial charge in [0.1, 0.15) is 11.9 Å². The summed E-state index contributed by atoms with van der Waals surface area (Å²) in [5.41, 5.74) is 3.17. The molecule has 4 heteroatoms. The molecule has 0 fully saturated rings. The molecule has 140 valence electrons. The molecular formula is C23H24O4. The fraction of sp³-hybridized carbons (Fsp3) is 0.391. The molecule has 4 unspecified atom stereocenters. The summed E-state index contributed by atoms with van der Waals surface area (Å²) in [5.74, 6) is 0.339. The van der Waals surface area contributed by atoms with Crippen LogP contribution in [-0.2, 0) is 14.3 Å². The molecule has 4 atom stereocenters. The van der Waals surface area contributed by atoms with Crippen LogP contribution in [0.15, 0.2) is 65.0 Å². The smallest absolute Gasteiger partial charge is 0.339 e. The number of fused-ring (bicyclic) bond motifs is 2. The van der Waals surface area contributed by atoms with Crippen LogP contribution < -0.4 is 0 Å². The van der Waals surface area contributed by atoms with E-state index in [1.54, 1.807) is 12.1 Å². The number of carbonyl (C=O) groups is 2. The van der Waals surface area contributed by atoms with E-state index in [-0.39, 0.29) is 35.3 Å². The van der Waals surface area contributed by atoms with Crippen molar-refractivity contribution in [3.63, 3.8) is 0 Å². The molecule has 0 amide bonds. The largest absolute Gasteiger partial charge is 0.458 e. The normalized spacial score (nSPS) is 32.1. The Morgan fingerprint density at radius 2 is 1.93 bits per heavy atom. The number of hydrogen-bond acceptors (Lipinski definition) is 4. The predicted molar refractivity (Wildman–Crippen MR) is 102 cm³/mol. The molecule has 0 spiro atoms. The second-order valence-electron chi connectivity index (χ2n) is 7.93. The maximum Gasteiger partial charge on any atom is 0.339 e. The zero-order valence-corrected chi connectivity index (χ0v) is 16.1. The van der Waals surface area contributed by atoms with Crippen LogP contribution in [0.3, 0.4) is 0 Å². The molecule has 0 aromatic heterocycles. The summed E-state index contributed by atoms with van der Waals surface area (Å²) in [6.45, 7) is 8.30. The summed E-state index contributed by atoms with van der Waals surface area (Å²) in [7, 11) is 0. The molecular weight excluding hydrogens is 340 g/mol. The van der Waals surface area contributed by atoms with Gasteiger partial charge in [0.2, 0.25) is 0 Å². The highest BCUT2D eigenvalue weighted by atomic mass is 16.5. The van der Waals surface area contributed by atoms with E-state index in [0.717, 1.165) is 11.1 Å². The molecule has 2 aliphatic carbocycles. The standard InChI is InChI=1S/C23H24O4/c1-13-20-15(3)23(4)14(2)18(26-22(25)16-8-6-5-7-9-16)11-10-17(23)12-19(20)27-21(13)24/h5-10,12,14-15,18H,11H2,1-4H3. The molecule has 1 aromatic carbocycles. The van der Waals surface area contributed by atoms with E-state index in [4.69, 9.17) is 9.47 Å². The van der Waals surface area contributed by atoms with E-state index in [0.29, 0.717) is 23.3 Å². The predicted octanol–water partition coefficient (Wildman–Crippen LogP) is 4.59. The first-order chi connectivity index (χ1) is 12.8. The Balaban J connectivity index is 1.66. The van der Waals surface area contributed by atoms with Crippen molar-refractivity contribution in [1.82, 2.24) is 0 Å². The lowest BCUT2D eigenvalue weighted by Crippen LogP contribution is -2.46. The van der Waals surface area contributed by atoms with E-state index in [1.165, 1.54) is 0 Å². The van der Waals surface area contributed by atoms with Gasteiger partial charge in [0.05, 0.1) is 5.56 Å². The van der Waals surface area contributed by atoms with Gasteiger partial charge in [0.15, 0.2) is 0 Å². The number of rotatable bonds is 2. The second-order valence-corrected chi connectivity index (χ2v) is 7.93. The maximum atomic E-state index is 12.6. The van der Waals surface area contributed by atoms with Crippen LogP contribution in [0, 0.1) is 17.3 Å². The van der Waals surface area contributed by atoms with Gasteiger partial charge in [-0.05, 0) is 36.6 Å². The molecule has 0 radical (unpaired) electrons. The molecule has 3 aliphatic rings. The van der Waals surface area contributed by atoms with E-state index in [9.17, 15) is 9.59 Å². The van der Waals surface area contributed by atoms with Gasteiger partial charge < -0.3 is 9.47 Å². The Kier molecular flexibility index (Phi) is 4.10. The van der Waals surface area contributed by atoms with Crippen LogP contribution in [0.1, 0.15) is 44.5 Å². The van der Waals surface area contributed by atoms with Crippen LogP contribution in [0.25, 0.3) is 0 Å². The molecule has 1 aromatic rings. The van der Waals surface area contributed by atoms with Crippen molar-refractivity contribution in [2.24, 2.45) is 17.3 Å². The number of carbonyl (C=O) groups excluding carboxylic acids is 2. The first kappa shape index (κ1) is 17.8. The van der Waals surface area contributed by atoms with Gasteiger partial charge in [0.25, 0.3) is 0 Å². The highest BCUT2D eigenvalue weighted by molar-refractivity contribution is 5.94. The Bertz CT molecular complexity index is 906. The molecule has 0 bridgehead atoms. The lowest BCUT2D eigenvalue weighted by Gasteiger charge is -2.50. The summed E-state index contributed by atoms with van der Waals surface area (Å²) in [5, 5.41) is 0. The lowest BCUT2D eigenvalue weighted by atomic mass is 9.55. The van der Waals surface area contributed by atoms with Gasteiger partial charge in [-0.1, -0.05) is 45.0 Å². The molecule has 4 rings (SSSR count). The van der Waals surface area contributed by atoms with Crippen LogP contribution in [0.4, 0.5) is 0 Å². The molecule has 0 saturated carbocycles. The fourth-order valence-electron chi connectivity index (χ4n) is 4.72. The Morgan fingerprint density at radius 1 is 1.22 bits per heavy atom. The van der Waals surface area contributed by atoms with Crippen molar-refractivity contribution in [2.75, 3.05) is 0 Å². The topological polar surface area (TPSA) is 52.6 Å². The van der Waals surface area contributed by atoms with Crippen molar-refractivity contribution in [2.45, 2.75) is 40.2 Å². The molecule has 1 aliphatic heterocycles.